The standard InChI is InChI=1S/C24H29N3O3.C4H8/c1-5-24(25,6-2)30-26-17(3)16-21-22(18-10-8-7-9-11-18)27(23(21)28)19-12-14-20(29-4)15-13-19;1-4-2-3-4/h7-16,22H,5-6,25H2,1-4H3;4H,2-3H2,1H3. The first-order valence-corrected chi connectivity index (χ1v) is 12.1. The number of allylic oxidation sites excluding steroid dienone is 1. The predicted octanol–water partition coefficient (Wildman–Crippen LogP) is 5.99. The van der Waals surface area contributed by atoms with Gasteiger partial charge in [0.25, 0.3) is 5.91 Å². The van der Waals surface area contributed by atoms with Crippen LogP contribution < -0.4 is 15.4 Å². The molecule has 182 valence electrons. The largest absolute Gasteiger partial charge is 0.497 e. The van der Waals surface area contributed by atoms with Crippen molar-refractivity contribution in [1.29, 1.82) is 0 Å². The van der Waals surface area contributed by atoms with E-state index < -0.39 is 5.72 Å². The van der Waals surface area contributed by atoms with Gasteiger partial charge in [0, 0.05) is 24.1 Å². The number of carbonyl (C=O) groups excluding carboxylic acids is 1. The van der Waals surface area contributed by atoms with Crippen molar-refractivity contribution in [3.05, 3.63) is 71.8 Å². The Morgan fingerprint density at radius 1 is 1.12 bits per heavy atom. The van der Waals surface area contributed by atoms with Gasteiger partial charge in [-0.1, -0.05) is 69.1 Å². The Kier molecular flexibility index (Phi) is 8.51. The Hall–Kier alpha value is -3.12. The van der Waals surface area contributed by atoms with Crippen LogP contribution in [0.2, 0.25) is 0 Å². The second-order valence-corrected chi connectivity index (χ2v) is 9.06. The molecule has 1 saturated carbocycles. The Balaban J connectivity index is 0.000000732. The molecule has 4 rings (SSSR count). The Morgan fingerprint density at radius 3 is 2.21 bits per heavy atom. The summed E-state index contributed by atoms with van der Waals surface area (Å²) in [7, 11) is 1.62. The van der Waals surface area contributed by atoms with Crippen molar-refractivity contribution in [1.82, 2.24) is 0 Å². The summed E-state index contributed by atoms with van der Waals surface area (Å²) in [4.78, 5) is 20.4. The van der Waals surface area contributed by atoms with Gasteiger partial charge in [0.1, 0.15) is 5.75 Å². The predicted molar refractivity (Wildman–Crippen MR) is 138 cm³/mol. The van der Waals surface area contributed by atoms with E-state index in [2.05, 4.69) is 12.1 Å². The summed E-state index contributed by atoms with van der Waals surface area (Å²) in [5.41, 5.74) is 8.47. The third-order valence-corrected chi connectivity index (χ3v) is 6.28. The number of hydrogen-bond donors (Lipinski definition) is 1. The maximum atomic E-state index is 13.1. The van der Waals surface area contributed by atoms with Gasteiger partial charge in [-0.3, -0.25) is 15.4 Å². The minimum absolute atomic E-state index is 0.0615. The van der Waals surface area contributed by atoms with Gasteiger partial charge in [0.15, 0.2) is 5.72 Å². The zero-order chi connectivity index (χ0) is 24.7. The van der Waals surface area contributed by atoms with Crippen LogP contribution in [-0.4, -0.2) is 24.5 Å². The van der Waals surface area contributed by atoms with E-state index in [-0.39, 0.29) is 11.9 Å². The van der Waals surface area contributed by atoms with Gasteiger partial charge in [0.05, 0.1) is 18.9 Å². The lowest BCUT2D eigenvalue weighted by atomic mass is 9.86. The second kappa shape index (κ2) is 11.3. The molecule has 0 radical (unpaired) electrons. The molecule has 1 unspecified atom stereocenters. The van der Waals surface area contributed by atoms with E-state index in [0.717, 1.165) is 22.9 Å². The fourth-order valence-corrected chi connectivity index (χ4v) is 3.52. The molecule has 1 amide bonds. The summed E-state index contributed by atoms with van der Waals surface area (Å²) >= 11 is 0. The lowest BCUT2D eigenvalue weighted by Crippen LogP contribution is -2.49. The van der Waals surface area contributed by atoms with Crippen molar-refractivity contribution in [2.45, 2.75) is 65.1 Å². The van der Waals surface area contributed by atoms with Crippen molar-refractivity contribution in [3.63, 3.8) is 0 Å². The number of methoxy groups -OCH3 is 1. The number of nitrogens with zero attached hydrogens (tertiary/aromatic N) is 2. The van der Waals surface area contributed by atoms with Crippen LogP contribution in [0.4, 0.5) is 5.69 Å². The number of anilines is 1. The average molecular weight is 464 g/mol. The van der Waals surface area contributed by atoms with E-state index in [9.17, 15) is 4.79 Å². The van der Waals surface area contributed by atoms with Crippen molar-refractivity contribution >= 4 is 17.3 Å². The van der Waals surface area contributed by atoms with E-state index in [1.807, 2.05) is 75.4 Å². The van der Waals surface area contributed by atoms with Gasteiger partial charge in [-0.25, -0.2) is 0 Å². The highest BCUT2D eigenvalue weighted by Gasteiger charge is 2.44. The molecule has 1 saturated heterocycles. The number of nitrogens with two attached hydrogens (primary N) is 1. The van der Waals surface area contributed by atoms with Gasteiger partial charge in [-0.15, -0.1) is 0 Å². The zero-order valence-corrected chi connectivity index (χ0v) is 21.0. The van der Waals surface area contributed by atoms with Crippen LogP contribution in [0.5, 0.6) is 5.75 Å². The number of carbonyl (C=O) groups is 1. The fraction of sp³-hybridized carbons (Fsp3) is 0.429. The summed E-state index contributed by atoms with van der Waals surface area (Å²) in [5, 5.41) is 4.17. The van der Waals surface area contributed by atoms with Gasteiger partial charge in [-0.2, -0.15) is 0 Å². The first-order chi connectivity index (χ1) is 16.3. The number of oxime groups is 1. The number of ether oxygens (including phenoxy) is 1. The molecule has 1 heterocycles. The average Bonchev–Trinajstić information content (AvgIpc) is 3.67. The number of β-lactam (4-membered cyclic amide) rings is 1. The quantitative estimate of drug-likeness (QED) is 0.171. The molecule has 0 aromatic heterocycles. The molecule has 2 aliphatic rings. The number of benzene rings is 2. The minimum atomic E-state index is -0.794. The first kappa shape index (κ1) is 25.5. The summed E-state index contributed by atoms with van der Waals surface area (Å²) < 4.78 is 5.23. The molecular weight excluding hydrogens is 426 g/mol. The summed E-state index contributed by atoms with van der Waals surface area (Å²) in [6, 6.07) is 17.2. The second-order valence-electron chi connectivity index (χ2n) is 9.06. The van der Waals surface area contributed by atoms with Gasteiger partial charge >= 0.3 is 0 Å². The third kappa shape index (κ3) is 6.26. The van der Waals surface area contributed by atoms with E-state index in [1.54, 1.807) is 18.1 Å². The molecule has 6 nitrogen and oxygen atoms in total. The highest BCUT2D eigenvalue weighted by atomic mass is 16.7. The highest BCUT2D eigenvalue weighted by molar-refractivity contribution is 6.18. The molecular formula is C28H37N3O3. The SMILES string of the molecule is CC1CC1.CCC(N)(CC)ON=C(C)C=C1C(=O)N(c2ccc(OC)cc2)C1c1ccccc1. The van der Waals surface area contributed by atoms with Crippen LogP contribution in [0, 0.1) is 5.92 Å². The Labute approximate surface area is 203 Å². The summed E-state index contributed by atoms with van der Waals surface area (Å²) in [6.45, 7) is 8.00. The van der Waals surface area contributed by atoms with Crippen molar-refractivity contribution < 1.29 is 14.4 Å². The van der Waals surface area contributed by atoms with Gasteiger partial charge in [0.2, 0.25) is 0 Å². The van der Waals surface area contributed by atoms with Crippen LogP contribution in [0.15, 0.2) is 71.4 Å². The lowest BCUT2D eigenvalue weighted by Gasteiger charge is -2.43. The van der Waals surface area contributed by atoms with Crippen LogP contribution >= 0.6 is 0 Å². The van der Waals surface area contributed by atoms with E-state index >= 15 is 0 Å². The normalized spacial score (nSPS) is 19.3. The summed E-state index contributed by atoms with van der Waals surface area (Å²) in [5.74, 6) is 1.77. The third-order valence-electron chi connectivity index (χ3n) is 6.28. The van der Waals surface area contributed by atoms with E-state index in [0.29, 0.717) is 24.1 Å². The monoisotopic (exact) mass is 463 g/mol. The molecule has 2 aromatic carbocycles. The summed E-state index contributed by atoms with van der Waals surface area (Å²) in [6.07, 6.45) is 6.05. The minimum Gasteiger partial charge on any atom is -0.497 e. The van der Waals surface area contributed by atoms with Crippen molar-refractivity contribution in [2.24, 2.45) is 16.8 Å². The number of amides is 1. The molecule has 1 aliphatic heterocycles. The van der Waals surface area contributed by atoms with Crippen molar-refractivity contribution in [2.75, 3.05) is 12.0 Å². The van der Waals surface area contributed by atoms with Crippen LogP contribution in [0.3, 0.4) is 0 Å². The van der Waals surface area contributed by atoms with Crippen LogP contribution in [-0.2, 0) is 9.63 Å². The molecule has 2 N–H and O–H groups in total. The maximum absolute atomic E-state index is 13.1. The molecule has 1 aliphatic carbocycles. The molecule has 0 spiro atoms. The first-order valence-electron chi connectivity index (χ1n) is 12.1. The molecule has 6 heteroatoms. The van der Waals surface area contributed by atoms with Crippen LogP contribution in [0.25, 0.3) is 0 Å². The number of hydrogen-bond acceptors (Lipinski definition) is 5. The Morgan fingerprint density at radius 2 is 1.71 bits per heavy atom. The van der Waals surface area contributed by atoms with Gasteiger partial charge < -0.3 is 9.57 Å². The van der Waals surface area contributed by atoms with E-state index in [1.165, 1.54) is 12.8 Å². The lowest BCUT2D eigenvalue weighted by molar-refractivity contribution is -0.119. The molecule has 2 fully saturated rings. The molecule has 2 aromatic rings. The molecule has 1 atom stereocenters. The van der Waals surface area contributed by atoms with Crippen molar-refractivity contribution in [3.8, 4) is 5.75 Å². The number of rotatable bonds is 8. The smallest absolute Gasteiger partial charge is 0.257 e. The highest BCUT2D eigenvalue weighted by Crippen LogP contribution is 2.43. The fourth-order valence-electron chi connectivity index (χ4n) is 3.52. The maximum Gasteiger partial charge on any atom is 0.257 e. The Bertz CT molecular complexity index is 1010. The van der Waals surface area contributed by atoms with Crippen LogP contribution in [0.1, 0.15) is 65.0 Å². The molecule has 0 bridgehead atoms. The van der Waals surface area contributed by atoms with E-state index in [4.69, 9.17) is 15.3 Å². The zero-order valence-electron chi connectivity index (χ0n) is 21.0. The van der Waals surface area contributed by atoms with Gasteiger partial charge in [-0.05, 0) is 48.7 Å². The molecule has 34 heavy (non-hydrogen) atoms. The topological polar surface area (TPSA) is 77.2 Å².